The first-order valence-corrected chi connectivity index (χ1v) is 5.70. The van der Waals surface area contributed by atoms with Gasteiger partial charge in [-0.3, -0.25) is 10.1 Å². The van der Waals surface area contributed by atoms with E-state index in [1.807, 2.05) is 19.9 Å². The first-order valence-electron chi connectivity index (χ1n) is 5.70. The Kier molecular flexibility index (Phi) is 5.32. The van der Waals surface area contributed by atoms with Gasteiger partial charge in [0.1, 0.15) is 0 Å². The molecule has 0 amide bonds. The topological polar surface area (TPSA) is 64.4 Å². The third-order valence-electron chi connectivity index (χ3n) is 2.42. The van der Waals surface area contributed by atoms with Crippen LogP contribution in [0.25, 0.3) is 0 Å². The number of hydrogen-bond donors (Lipinski definition) is 1. The Morgan fingerprint density at radius 3 is 2.78 bits per heavy atom. The Morgan fingerprint density at radius 1 is 1.50 bits per heavy atom. The SMILES string of the molecule is COc1ccc(CNCC=C(C)C)cc1[N+](=O)[O-]. The molecular weight excluding hydrogens is 232 g/mol. The zero-order valence-corrected chi connectivity index (χ0v) is 10.9. The zero-order valence-electron chi connectivity index (χ0n) is 10.9. The normalized spacial score (nSPS) is 9.94. The summed E-state index contributed by atoms with van der Waals surface area (Å²) in [5, 5.41) is 14.0. The van der Waals surface area contributed by atoms with Crippen LogP contribution in [0.4, 0.5) is 5.69 Å². The van der Waals surface area contributed by atoms with Crippen molar-refractivity contribution in [3.8, 4) is 5.75 Å². The predicted octanol–water partition coefficient (Wildman–Crippen LogP) is 2.66. The number of nitrogens with one attached hydrogen (secondary N) is 1. The lowest BCUT2D eigenvalue weighted by molar-refractivity contribution is -0.385. The van der Waals surface area contributed by atoms with Gasteiger partial charge >= 0.3 is 5.69 Å². The van der Waals surface area contributed by atoms with Crippen molar-refractivity contribution in [2.45, 2.75) is 20.4 Å². The van der Waals surface area contributed by atoms with Crippen LogP contribution in [0, 0.1) is 10.1 Å². The molecule has 1 aromatic carbocycles. The van der Waals surface area contributed by atoms with Gasteiger partial charge in [-0.05, 0) is 25.5 Å². The number of allylic oxidation sites excluding steroid dienone is 1. The third-order valence-corrected chi connectivity index (χ3v) is 2.42. The maximum absolute atomic E-state index is 10.8. The molecule has 0 aliphatic rings. The number of benzene rings is 1. The molecule has 1 N–H and O–H groups in total. The van der Waals surface area contributed by atoms with Crippen LogP contribution in [-0.4, -0.2) is 18.6 Å². The summed E-state index contributed by atoms with van der Waals surface area (Å²) in [6, 6.07) is 4.98. The molecular formula is C13H18N2O3. The molecule has 0 aliphatic heterocycles. The van der Waals surface area contributed by atoms with Gasteiger partial charge in [-0.1, -0.05) is 17.7 Å². The van der Waals surface area contributed by atoms with Crippen molar-refractivity contribution in [2.75, 3.05) is 13.7 Å². The lowest BCUT2D eigenvalue weighted by atomic mass is 10.2. The maximum Gasteiger partial charge on any atom is 0.311 e. The maximum atomic E-state index is 10.8. The highest BCUT2D eigenvalue weighted by molar-refractivity contribution is 5.48. The smallest absolute Gasteiger partial charge is 0.311 e. The van der Waals surface area contributed by atoms with E-state index in [-0.39, 0.29) is 11.4 Å². The minimum Gasteiger partial charge on any atom is -0.490 e. The van der Waals surface area contributed by atoms with Crippen LogP contribution < -0.4 is 10.1 Å². The van der Waals surface area contributed by atoms with Gasteiger partial charge in [0.05, 0.1) is 12.0 Å². The van der Waals surface area contributed by atoms with E-state index in [0.717, 1.165) is 12.1 Å². The summed E-state index contributed by atoms with van der Waals surface area (Å²) >= 11 is 0. The minimum absolute atomic E-state index is 0.000913. The van der Waals surface area contributed by atoms with Crippen molar-refractivity contribution >= 4 is 5.69 Å². The molecule has 0 saturated heterocycles. The molecule has 98 valence electrons. The van der Waals surface area contributed by atoms with Crippen LogP contribution in [0.1, 0.15) is 19.4 Å². The molecule has 0 bridgehead atoms. The molecule has 0 atom stereocenters. The van der Waals surface area contributed by atoms with E-state index in [4.69, 9.17) is 4.74 Å². The number of nitrogens with zero attached hydrogens (tertiary/aromatic N) is 1. The molecule has 0 heterocycles. The highest BCUT2D eigenvalue weighted by atomic mass is 16.6. The number of hydrogen-bond acceptors (Lipinski definition) is 4. The van der Waals surface area contributed by atoms with Gasteiger partial charge in [0.2, 0.25) is 0 Å². The fourth-order valence-corrected chi connectivity index (χ4v) is 1.48. The molecule has 0 saturated carbocycles. The second-order valence-electron chi connectivity index (χ2n) is 4.18. The monoisotopic (exact) mass is 250 g/mol. The van der Waals surface area contributed by atoms with Gasteiger partial charge in [-0.25, -0.2) is 0 Å². The van der Waals surface area contributed by atoms with Gasteiger partial charge in [0.15, 0.2) is 5.75 Å². The lowest BCUT2D eigenvalue weighted by Gasteiger charge is -2.05. The number of nitro groups is 1. The van der Waals surface area contributed by atoms with Crippen LogP contribution in [0.3, 0.4) is 0 Å². The lowest BCUT2D eigenvalue weighted by Crippen LogP contribution is -2.13. The van der Waals surface area contributed by atoms with Crippen molar-refractivity contribution in [1.29, 1.82) is 0 Å². The van der Waals surface area contributed by atoms with E-state index in [9.17, 15) is 10.1 Å². The fraction of sp³-hybridized carbons (Fsp3) is 0.385. The predicted molar refractivity (Wildman–Crippen MR) is 70.8 cm³/mol. The van der Waals surface area contributed by atoms with Crippen molar-refractivity contribution in [3.05, 3.63) is 45.5 Å². The molecule has 1 aromatic rings. The van der Waals surface area contributed by atoms with Gasteiger partial charge in [0, 0.05) is 19.2 Å². The van der Waals surface area contributed by atoms with Gasteiger partial charge in [0.25, 0.3) is 0 Å². The first kappa shape index (κ1) is 14.2. The third kappa shape index (κ3) is 4.18. The second kappa shape index (κ2) is 6.76. The van der Waals surface area contributed by atoms with Gasteiger partial charge < -0.3 is 10.1 Å². The Balaban J connectivity index is 2.70. The molecule has 0 unspecified atom stereocenters. The van der Waals surface area contributed by atoms with Crippen molar-refractivity contribution in [1.82, 2.24) is 5.32 Å². The van der Waals surface area contributed by atoms with Crippen molar-refractivity contribution in [3.63, 3.8) is 0 Å². The van der Waals surface area contributed by atoms with Gasteiger partial charge in [-0.15, -0.1) is 0 Å². The molecule has 0 aliphatic carbocycles. The Morgan fingerprint density at radius 2 is 2.22 bits per heavy atom. The van der Waals surface area contributed by atoms with E-state index in [0.29, 0.717) is 6.54 Å². The summed E-state index contributed by atoms with van der Waals surface area (Å²) in [7, 11) is 1.43. The average Bonchev–Trinajstić information content (AvgIpc) is 2.34. The summed E-state index contributed by atoms with van der Waals surface area (Å²) in [6.45, 7) is 5.40. The largest absolute Gasteiger partial charge is 0.490 e. The zero-order chi connectivity index (χ0) is 13.5. The molecule has 0 aromatic heterocycles. The molecule has 0 radical (unpaired) electrons. The van der Waals surface area contributed by atoms with E-state index < -0.39 is 4.92 Å². The van der Waals surface area contributed by atoms with Crippen LogP contribution >= 0.6 is 0 Å². The fourth-order valence-electron chi connectivity index (χ4n) is 1.48. The second-order valence-corrected chi connectivity index (χ2v) is 4.18. The van der Waals surface area contributed by atoms with Crippen LogP contribution in [-0.2, 0) is 6.54 Å². The van der Waals surface area contributed by atoms with E-state index in [2.05, 4.69) is 11.4 Å². The molecule has 18 heavy (non-hydrogen) atoms. The molecule has 5 nitrogen and oxygen atoms in total. The first-order chi connectivity index (χ1) is 8.54. The van der Waals surface area contributed by atoms with Crippen molar-refractivity contribution in [2.24, 2.45) is 0 Å². The number of methoxy groups -OCH3 is 1. The number of nitro benzene ring substituents is 1. The highest BCUT2D eigenvalue weighted by Gasteiger charge is 2.14. The Hall–Kier alpha value is -1.88. The summed E-state index contributed by atoms with van der Waals surface area (Å²) in [4.78, 5) is 10.4. The van der Waals surface area contributed by atoms with Crippen LogP contribution in [0.2, 0.25) is 0 Å². The number of rotatable bonds is 6. The van der Waals surface area contributed by atoms with E-state index in [1.165, 1.54) is 18.7 Å². The standard InChI is InChI=1S/C13H18N2O3/c1-10(2)6-7-14-9-11-4-5-13(18-3)12(8-11)15(16)17/h4-6,8,14H,7,9H2,1-3H3. The molecule has 0 fully saturated rings. The summed E-state index contributed by atoms with van der Waals surface area (Å²) in [6.07, 6.45) is 2.07. The minimum atomic E-state index is -0.432. The quantitative estimate of drug-likeness (QED) is 0.365. The highest BCUT2D eigenvalue weighted by Crippen LogP contribution is 2.27. The van der Waals surface area contributed by atoms with Crippen LogP contribution in [0.5, 0.6) is 5.75 Å². The Bertz CT molecular complexity index is 452. The van der Waals surface area contributed by atoms with Gasteiger partial charge in [-0.2, -0.15) is 0 Å². The Labute approximate surface area is 107 Å². The number of ether oxygens (including phenoxy) is 1. The molecule has 1 rings (SSSR count). The van der Waals surface area contributed by atoms with Crippen molar-refractivity contribution < 1.29 is 9.66 Å². The van der Waals surface area contributed by atoms with E-state index in [1.54, 1.807) is 6.07 Å². The average molecular weight is 250 g/mol. The summed E-state index contributed by atoms with van der Waals surface area (Å²) in [5.41, 5.74) is 2.10. The summed E-state index contributed by atoms with van der Waals surface area (Å²) in [5.74, 6) is 0.285. The van der Waals surface area contributed by atoms with Crippen LogP contribution in [0.15, 0.2) is 29.8 Å². The molecule has 5 heteroatoms. The molecule has 0 spiro atoms. The summed E-state index contributed by atoms with van der Waals surface area (Å²) < 4.78 is 4.95. The van der Waals surface area contributed by atoms with E-state index >= 15 is 0 Å².